The van der Waals surface area contributed by atoms with Crippen LogP contribution in [0.5, 0.6) is 0 Å². The predicted octanol–water partition coefficient (Wildman–Crippen LogP) is 3.94. The summed E-state index contributed by atoms with van der Waals surface area (Å²) in [5.41, 5.74) is 0.832. The average molecular weight is 281 g/mol. The number of benzene rings is 1. The van der Waals surface area contributed by atoms with Gasteiger partial charge in [0.1, 0.15) is 5.82 Å². The Morgan fingerprint density at radius 1 is 1.20 bits per heavy atom. The van der Waals surface area contributed by atoms with Crippen molar-refractivity contribution in [2.75, 3.05) is 13.2 Å². The van der Waals surface area contributed by atoms with Crippen LogP contribution in [0.3, 0.4) is 0 Å². The van der Waals surface area contributed by atoms with Gasteiger partial charge in [0.15, 0.2) is 0 Å². The lowest BCUT2D eigenvalue weighted by Crippen LogP contribution is -2.53. The van der Waals surface area contributed by atoms with Gasteiger partial charge in [-0.05, 0) is 50.4 Å². The maximum Gasteiger partial charge on any atom is 0.123 e. The van der Waals surface area contributed by atoms with Crippen LogP contribution in [-0.4, -0.2) is 24.8 Å². The molecule has 1 unspecified atom stereocenters. The van der Waals surface area contributed by atoms with E-state index in [9.17, 15) is 4.39 Å². The molecular formula is C17H28FNO. The Morgan fingerprint density at radius 3 is 2.40 bits per heavy atom. The fourth-order valence-corrected chi connectivity index (χ4v) is 2.93. The second-order valence-electron chi connectivity index (χ2n) is 5.15. The summed E-state index contributed by atoms with van der Waals surface area (Å²) in [7, 11) is 0. The molecule has 2 nitrogen and oxygen atoms in total. The molecule has 0 saturated carbocycles. The van der Waals surface area contributed by atoms with Crippen LogP contribution in [0.1, 0.15) is 46.1 Å². The van der Waals surface area contributed by atoms with Crippen molar-refractivity contribution in [3.63, 3.8) is 0 Å². The molecule has 0 bridgehead atoms. The topological polar surface area (TPSA) is 21.3 Å². The second-order valence-corrected chi connectivity index (χ2v) is 5.15. The monoisotopic (exact) mass is 281 g/mol. The first-order valence-corrected chi connectivity index (χ1v) is 7.73. The molecule has 0 heterocycles. The molecule has 0 spiro atoms. The summed E-state index contributed by atoms with van der Waals surface area (Å²) in [6, 6.07) is 7.06. The molecule has 0 amide bonds. The summed E-state index contributed by atoms with van der Waals surface area (Å²) in [5.74, 6) is -0.173. The third-order valence-corrected chi connectivity index (χ3v) is 4.04. The highest BCUT2D eigenvalue weighted by Crippen LogP contribution is 2.27. The van der Waals surface area contributed by atoms with Gasteiger partial charge in [-0.15, -0.1) is 0 Å². The van der Waals surface area contributed by atoms with Gasteiger partial charge in [0.2, 0.25) is 0 Å². The lowest BCUT2D eigenvalue weighted by molar-refractivity contribution is -0.0715. The lowest BCUT2D eigenvalue weighted by atomic mass is 9.84. The molecule has 1 aromatic carbocycles. The van der Waals surface area contributed by atoms with E-state index in [-0.39, 0.29) is 17.5 Å². The zero-order chi connectivity index (χ0) is 15.0. The van der Waals surface area contributed by atoms with E-state index >= 15 is 0 Å². The Labute approximate surface area is 122 Å². The van der Waals surface area contributed by atoms with Gasteiger partial charge in [0, 0.05) is 12.6 Å². The number of likely N-dealkylation sites (N-methyl/N-ethyl adjacent to an activating group) is 1. The van der Waals surface area contributed by atoms with Crippen LogP contribution < -0.4 is 5.32 Å². The standard InChI is InChI=1S/C17H28FNO/c1-5-17(6-2,20-8-4)16(19-7-3)13-14-10-9-11-15(18)12-14/h9-12,16,19H,5-8,13H2,1-4H3. The van der Waals surface area contributed by atoms with Crippen LogP contribution in [0, 0.1) is 5.82 Å². The van der Waals surface area contributed by atoms with Gasteiger partial charge in [-0.1, -0.05) is 32.9 Å². The van der Waals surface area contributed by atoms with Gasteiger partial charge < -0.3 is 10.1 Å². The first kappa shape index (κ1) is 17.1. The Hall–Kier alpha value is -0.930. The van der Waals surface area contributed by atoms with Crippen LogP contribution in [0.2, 0.25) is 0 Å². The third-order valence-electron chi connectivity index (χ3n) is 4.04. The van der Waals surface area contributed by atoms with Crippen molar-refractivity contribution in [1.82, 2.24) is 5.32 Å². The van der Waals surface area contributed by atoms with Crippen molar-refractivity contribution in [3.05, 3.63) is 35.6 Å². The summed E-state index contributed by atoms with van der Waals surface area (Å²) < 4.78 is 19.4. The first-order chi connectivity index (χ1) is 9.61. The highest BCUT2D eigenvalue weighted by atomic mass is 19.1. The van der Waals surface area contributed by atoms with Crippen LogP contribution in [0.4, 0.5) is 4.39 Å². The van der Waals surface area contributed by atoms with E-state index in [2.05, 4.69) is 26.1 Å². The fourth-order valence-electron chi connectivity index (χ4n) is 2.93. The molecule has 20 heavy (non-hydrogen) atoms. The Morgan fingerprint density at radius 2 is 1.90 bits per heavy atom. The van der Waals surface area contributed by atoms with Gasteiger partial charge in [0.25, 0.3) is 0 Å². The summed E-state index contributed by atoms with van der Waals surface area (Å²) in [6.07, 6.45) is 2.68. The first-order valence-electron chi connectivity index (χ1n) is 7.73. The number of hydrogen-bond acceptors (Lipinski definition) is 2. The van der Waals surface area contributed by atoms with E-state index < -0.39 is 0 Å². The highest BCUT2D eigenvalue weighted by Gasteiger charge is 2.35. The molecule has 0 fully saturated rings. The van der Waals surface area contributed by atoms with E-state index in [0.29, 0.717) is 6.61 Å². The number of rotatable bonds is 9. The maximum atomic E-state index is 13.4. The molecule has 1 atom stereocenters. The number of ether oxygens (including phenoxy) is 1. The minimum atomic E-state index is -0.183. The Bertz CT molecular complexity index is 390. The second kappa shape index (κ2) is 8.38. The Kier molecular flexibility index (Phi) is 7.17. The maximum absolute atomic E-state index is 13.4. The molecule has 114 valence electrons. The van der Waals surface area contributed by atoms with E-state index in [1.54, 1.807) is 12.1 Å². The fraction of sp³-hybridized carbons (Fsp3) is 0.647. The zero-order valence-corrected chi connectivity index (χ0v) is 13.2. The summed E-state index contributed by atoms with van der Waals surface area (Å²) in [5, 5.41) is 3.53. The number of hydrogen-bond donors (Lipinski definition) is 1. The molecule has 0 aliphatic rings. The number of halogens is 1. The van der Waals surface area contributed by atoms with Crippen molar-refractivity contribution in [2.45, 2.75) is 58.6 Å². The molecule has 1 N–H and O–H groups in total. The molecule has 0 aliphatic carbocycles. The lowest BCUT2D eigenvalue weighted by Gasteiger charge is -2.40. The van der Waals surface area contributed by atoms with E-state index in [4.69, 9.17) is 4.74 Å². The van der Waals surface area contributed by atoms with Gasteiger partial charge in [-0.2, -0.15) is 0 Å². The molecule has 0 aromatic heterocycles. The van der Waals surface area contributed by atoms with Gasteiger partial charge >= 0.3 is 0 Å². The van der Waals surface area contributed by atoms with E-state index in [1.807, 2.05) is 13.0 Å². The smallest absolute Gasteiger partial charge is 0.123 e. The Balaban J connectivity index is 2.96. The highest BCUT2D eigenvalue weighted by molar-refractivity contribution is 5.18. The van der Waals surface area contributed by atoms with Crippen molar-refractivity contribution >= 4 is 0 Å². The molecule has 0 radical (unpaired) electrons. The largest absolute Gasteiger partial charge is 0.374 e. The van der Waals surface area contributed by atoms with Gasteiger partial charge in [-0.3, -0.25) is 0 Å². The SMILES string of the molecule is CCNC(Cc1cccc(F)c1)C(CC)(CC)OCC. The molecular weight excluding hydrogens is 253 g/mol. The molecule has 1 aromatic rings. The van der Waals surface area contributed by atoms with Crippen LogP contribution in [0.15, 0.2) is 24.3 Å². The van der Waals surface area contributed by atoms with E-state index in [1.165, 1.54) is 6.07 Å². The normalized spacial score (nSPS) is 13.4. The predicted molar refractivity (Wildman–Crippen MR) is 82.5 cm³/mol. The molecule has 3 heteroatoms. The van der Waals surface area contributed by atoms with Gasteiger partial charge in [-0.25, -0.2) is 4.39 Å². The quantitative estimate of drug-likeness (QED) is 0.740. The summed E-state index contributed by atoms with van der Waals surface area (Å²) in [4.78, 5) is 0. The molecule has 0 aliphatic heterocycles. The third kappa shape index (κ3) is 4.29. The minimum absolute atomic E-state index is 0.173. The average Bonchev–Trinajstić information content (AvgIpc) is 2.45. The van der Waals surface area contributed by atoms with Crippen molar-refractivity contribution in [1.29, 1.82) is 0 Å². The van der Waals surface area contributed by atoms with E-state index in [0.717, 1.165) is 31.4 Å². The summed E-state index contributed by atoms with van der Waals surface area (Å²) >= 11 is 0. The zero-order valence-electron chi connectivity index (χ0n) is 13.2. The van der Waals surface area contributed by atoms with Crippen molar-refractivity contribution in [2.24, 2.45) is 0 Å². The van der Waals surface area contributed by atoms with Crippen LogP contribution in [0.25, 0.3) is 0 Å². The van der Waals surface area contributed by atoms with Crippen LogP contribution >= 0.6 is 0 Å². The molecule has 1 rings (SSSR count). The van der Waals surface area contributed by atoms with Crippen molar-refractivity contribution in [3.8, 4) is 0 Å². The molecule has 0 saturated heterocycles. The van der Waals surface area contributed by atoms with Gasteiger partial charge in [0.05, 0.1) is 5.60 Å². The minimum Gasteiger partial charge on any atom is -0.374 e. The van der Waals surface area contributed by atoms with Crippen molar-refractivity contribution < 1.29 is 9.13 Å². The van der Waals surface area contributed by atoms with Crippen LogP contribution in [-0.2, 0) is 11.2 Å². The number of nitrogens with one attached hydrogen (secondary N) is 1. The summed E-state index contributed by atoms with van der Waals surface area (Å²) in [6.45, 7) is 10.0.